The fourth-order valence-electron chi connectivity index (χ4n) is 2.54. The van der Waals surface area contributed by atoms with Gasteiger partial charge in [0.05, 0.1) is 0 Å². The van der Waals surface area contributed by atoms with E-state index >= 15 is 0 Å². The molecule has 1 aromatic heterocycles. The van der Waals surface area contributed by atoms with E-state index in [0.29, 0.717) is 22.4 Å². The molecule has 27 heavy (non-hydrogen) atoms. The summed E-state index contributed by atoms with van der Waals surface area (Å²) in [6.07, 6.45) is 2.06. The predicted molar refractivity (Wildman–Crippen MR) is 114 cm³/mol. The van der Waals surface area contributed by atoms with Crippen molar-refractivity contribution in [3.05, 3.63) is 46.6 Å². The highest BCUT2D eigenvalue weighted by Gasteiger charge is 2.10. The van der Waals surface area contributed by atoms with Gasteiger partial charge in [0, 0.05) is 37.0 Å². The number of benzene rings is 1. The number of aromatic nitrogens is 2. The number of halogens is 1. The van der Waals surface area contributed by atoms with E-state index in [1.165, 1.54) is 11.8 Å². The van der Waals surface area contributed by atoms with Crippen LogP contribution in [0.3, 0.4) is 0 Å². The maximum atomic E-state index is 12.1. The van der Waals surface area contributed by atoms with Gasteiger partial charge in [0.1, 0.15) is 11.0 Å². The molecule has 0 radical (unpaired) electrons. The topological polar surface area (TPSA) is 58.1 Å². The van der Waals surface area contributed by atoms with E-state index in [9.17, 15) is 4.79 Å². The summed E-state index contributed by atoms with van der Waals surface area (Å²) in [5.41, 5.74) is 1.79. The minimum atomic E-state index is -0.0234. The number of hydrogen-bond donors (Lipinski definition) is 1. The molecule has 146 valence electrons. The molecule has 0 saturated heterocycles. The number of amides is 1. The zero-order valence-corrected chi connectivity index (χ0v) is 17.7. The highest BCUT2D eigenvalue weighted by Crippen LogP contribution is 2.24. The Morgan fingerprint density at radius 2 is 1.85 bits per heavy atom. The Bertz CT molecular complexity index is 735. The second-order valence-electron chi connectivity index (χ2n) is 6.10. The van der Waals surface area contributed by atoms with Crippen LogP contribution < -0.4 is 10.2 Å². The van der Waals surface area contributed by atoms with Crippen LogP contribution in [0.4, 0.5) is 5.82 Å². The summed E-state index contributed by atoms with van der Waals surface area (Å²) in [7, 11) is 0. The molecule has 0 unspecified atom stereocenters. The molecule has 2 aromatic rings. The smallest absolute Gasteiger partial charge is 0.251 e. The van der Waals surface area contributed by atoms with E-state index in [0.717, 1.165) is 43.1 Å². The van der Waals surface area contributed by atoms with Gasteiger partial charge in [0.15, 0.2) is 5.16 Å². The molecular formula is C20H27ClN4OS. The lowest BCUT2D eigenvalue weighted by atomic mass is 10.1. The van der Waals surface area contributed by atoms with Crippen molar-refractivity contribution >= 4 is 35.1 Å². The van der Waals surface area contributed by atoms with Gasteiger partial charge >= 0.3 is 0 Å². The van der Waals surface area contributed by atoms with E-state index in [4.69, 9.17) is 11.6 Å². The Morgan fingerprint density at radius 1 is 1.15 bits per heavy atom. The third-order valence-corrected chi connectivity index (χ3v) is 5.26. The molecule has 0 aliphatic heterocycles. The standard InChI is InChI=1S/C20H27ClN4OS/c1-4-7-12-22-19(26)16-10-8-15(9-11-16)14-27-20-23-17(21)13-18(24-20)25(5-2)6-3/h8-11,13H,4-7,12,14H2,1-3H3,(H,22,26). The Hall–Kier alpha value is -1.79. The van der Waals surface area contributed by atoms with Crippen LogP contribution >= 0.6 is 23.4 Å². The highest BCUT2D eigenvalue weighted by molar-refractivity contribution is 7.98. The van der Waals surface area contributed by atoms with Gasteiger partial charge in [0.2, 0.25) is 0 Å². The Morgan fingerprint density at radius 3 is 2.48 bits per heavy atom. The van der Waals surface area contributed by atoms with Gasteiger partial charge < -0.3 is 10.2 Å². The normalized spacial score (nSPS) is 10.7. The van der Waals surface area contributed by atoms with Crippen LogP contribution in [-0.4, -0.2) is 35.5 Å². The number of rotatable bonds is 10. The summed E-state index contributed by atoms with van der Waals surface area (Å²) in [6, 6.07) is 9.45. The average Bonchev–Trinajstić information content (AvgIpc) is 2.67. The first-order valence-electron chi connectivity index (χ1n) is 9.36. The van der Waals surface area contributed by atoms with Crippen LogP contribution in [0.15, 0.2) is 35.5 Å². The first-order valence-corrected chi connectivity index (χ1v) is 10.7. The third kappa shape index (κ3) is 6.70. The Balaban J connectivity index is 1.97. The van der Waals surface area contributed by atoms with E-state index in [1.54, 1.807) is 6.07 Å². The maximum Gasteiger partial charge on any atom is 0.251 e. The van der Waals surface area contributed by atoms with Crippen LogP contribution in [0.1, 0.15) is 49.5 Å². The molecule has 0 fully saturated rings. The van der Waals surface area contributed by atoms with Crippen molar-refractivity contribution in [1.29, 1.82) is 0 Å². The van der Waals surface area contributed by atoms with Crippen LogP contribution in [0.5, 0.6) is 0 Å². The van der Waals surface area contributed by atoms with Gasteiger partial charge in [-0.25, -0.2) is 9.97 Å². The lowest BCUT2D eigenvalue weighted by Crippen LogP contribution is -2.24. The van der Waals surface area contributed by atoms with Crippen molar-refractivity contribution < 1.29 is 4.79 Å². The van der Waals surface area contributed by atoms with E-state index < -0.39 is 0 Å². The van der Waals surface area contributed by atoms with Gasteiger partial charge in [0.25, 0.3) is 5.91 Å². The molecule has 0 aliphatic carbocycles. The average molecular weight is 407 g/mol. The van der Waals surface area contributed by atoms with Gasteiger partial charge in [-0.2, -0.15) is 0 Å². The largest absolute Gasteiger partial charge is 0.357 e. The number of hydrogen-bond acceptors (Lipinski definition) is 5. The van der Waals surface area contributed by atoms with Gasteiger partial charge in [-0.15, -0.1) is 0 Å². The fraction of sp³-hybridized carbons (Fsp3) is 0.450. The quantitative estimate of drug-likeness (QED) is 0.266. The molecule has 0 spiro atoms. The van der Waals surface area contributed by atoms with Crippen LogP contribution in [0, 0.1) is 0 Å². The number of anilines is 1. The zero-order valence-electron chi connectivity index (χ0n) is 16.2. The lowest BCUT2D eigenvalue weighted by molar-refractivity contribution is 0.0953. The first-order chi connectivity index (χ1) is 13.1. The summed E-state index contributed by atoms with van der Waals surface area (Å²) in [5, 5.41) is 4.04. The molecular weight excluding hydrogens is 380 g/mol. The number of nitrogens with zero attached hydrogens (tertiary/aromatic N) is 3. The van der Waals surface area contributed by atoms with E-state index in [1.807, 2.05) is 24.3 Å². The van der Waals surface area contributed by atoms with Crippen molar-refractivity contribution in [2.45, 2.75) is 44.5 Å². The number of carbonyl (C=O) groups excluding carboxylic acids is 1. The third-order valence-electron chi connectivity index (χ3n) is 4.15. The molecule has 0 saturated carbocycles. The van der Waals surface area contributed by atoms with Crippen molar-refractivity contribution in [2.75, 3.05) is 24.5 Å². The van der Waals surface area contributed by atoms with Crippen LogP contribution in [0.2, 0.25) is 5.15 Å². The molecule has 5 nitrogen and oxygen atoms in total. The van der Waals surface area contributed by atoms with E-state index in [2.05, 4.69) is 41.0 Å². The molecule has 2 rings (SSSR count). The van der Waals surface area contributed by atoms with Gasteiger partial charge in [-0.05, 0) is 38.0 Å². The number of unbranched alkanes of at least 4 members (excludes halogenated alkanes) is 1. The molecule has 1 N–H and O–H groups in total. The zero-order chi connectivity index (χ0) is 19.6. The molecule has 1 heterocycles. The lowest BCUT2D eigenvalue weighted by Gasteiger charge is -2.20. The summed E-state index contributed by atoms with van der Waals surface area (Å²) < 4.78 is 0. The molecule has 1 amide bonds. The van der Waals surface area contributed by atoms with Crippen molar-refractivity contribution in [1.82, 2.24) is 15.3 Å². The summed E-state index contributed by atoms with van der Waals surface area (Å²) in [5.74, 6) is 1.54. The molecule has 0 aliphatic rings. The van der Waals surface area contributed by atoms with E-state index in [-0.39, 0.29) is 5.91 Å². The monoisotopic (exact) mass is 406 g/mol. The molecule has 0 bridgehead atoms. The fourth-order valence-corrected chi connectivity index (χ4v) is 3.58. The summed E-state index contributed by atoms with van der Waals surface area (Å²) >= 11 is 7.70. The molecule has 1 aromatic carbocycles. The minimum Gasteiger partial charge on any atom is -0.357 e. The predicted octanol–water partition coefficient (Wildman–Crippen LogP) is 4.80. The number of thioether (sulfide) groups is 1. The summed E-state index contributed by atoms with van der Waals surface area (Å²) in [6.45, 7) is 8.74. The number of nitrogens with one attached hydrogen (secondary N) is 1. The van der Waals surface area contributed by atoms with Crippen LogP contribution in [-0.2, 0) is 5.75 Å². The SMILES string of the molecule is CCCCNC(=O)c1ccc(CSc2nc(Cl)cc(N(CC)CC)n2)cc1. The number of carbonyl (C=O) groups is 1. The summed E-state index contributed by atoms with van der Waals surface area (Å²) in [4.78, 5) is 23.1. The minimum absolute atomic E-state index is 0.0234. The maximum absolute atomic E-state index is 12.1. The second-order valence-corrected chi connectivity index (χ2v) is 7.43. The first kappa shape index (κ1) is 21.5. The van der Waals surface area contributed by atoms with Gasteiger partial charge in [-0.3, -0.25) is 4.79 Å². The Kier molecular flexibility index (Phi) is 8.88. The van der Waals surface area contributed by atoms with Crippen LogP contribution in [0.25, 0.3) is 0 Å². The van der Waals surface area contributed by atoms with Gasteiger partial charge in [-0.1, -0.05) is 48.8 Å². The Labute approximate surface area is 170 Å². The van der Waals surface area contributed by atoms with Crippen molar-refractivity contribution in [3.8, 4) is 0 Å². The second kappa shape index (κ2) is 11.1. The van der Waals surface area contributed by atoms with Crippen molar-refractivity contribution in [3.63, 3.8) is 0 Å². The highest BCUT2D eigenvalue weighted by atomic mass is 35.5. The molecule has 7 heteroatoms. The molecule has 0 atom stereocenters. The van der Waals surface area contributed by atoms with Crippen molar-refractivity contribution in [2.24, 2.45) is 0 Å².